The predicted molar refractivity (Wildman–Crippen MR) is 109 cm³/mol. The number of benzene rings is 3. The highest BCUT2D eigenvalue weighted by Gasteiger charge is 2.32. The van der Waals surface area contributed by atoms with Gasteiger partial charge in [0.05, 0.1) is 33.4 Å². The Kier molecular flexibility index (Phi) is 4.75. The van der Waals surface area contributed by atoms with Crippen molar-refractivity contribution in [2.45, 2.75) is 0 Å². The number of hydrogen-bond donors (Lipinski definition) is 0. The van der Waals surface area contributed by atoms with Gasteiger partial charge in [-0.1, -0.05) is 12.1 Å². The summed E-state index contributed by atoms with van der Waals surface area (Å²) < 4.78 is 19.5. The molecule has 0 fully saturated rings. The lowest BCUT2D eigenvalue weighted by Crippen LogP contribution is -2.17. The minimum Gasteiger partial charge on any atom is -0.423 e. The Bertz CT molecular complexity index is 1360. The van der Waals surface area contributed by atoms with Gasteiger partial charge in [-0.25, -0.2) is 28.8 Å². The summed E-state index contributed by atoms with van der Waals surface area (Å²) in [5.74, 6) is -5.24. The van der Waals surface area contributed by atoms with Crippen molar-refractivity contribution >= 4 is 35.8 Å². The second kappa shape index (κ2) is 7.78. The first-order valence-electron chi connectivity index (χ1n) is 9.66. The highest BCUT2D eigenvalue weighted by atomic mass is 16.6. The number of carbonyl (C=O) groups excluding carboxylic acids is 6. The van der Waals surface area contributed by atoms with Crippen LogP contribution in [0, 0.1) is 0 Å². The molecule has 0 aromatic heterocycles. The van der Waals surface area contributed by atoms with E-state index in [4.69, 9.17) is 9.47 Å². The maximum atomic E-state index is 12.8. The number of carbonyl (C=O) groups is 6. The zero-order valence-electron chi connectivity index (χ0n) is 16.9. The minimum atomic E-state index is -0.923. The molecule has 0 saturated carbocycles. The minimum absolute atomic E-state index is 0.0413. The molecule has 5 rings (SSSR count). The third kappa shape index (κ3) is 3.48. The molecule has 166 valence electrons. The van der Waals surface area contributed by atoms with E-state index in [1.807, 2.05) is 0 Å². The molecular formula is C24H10O10. The van der Waals surface area contributed by atoms with Gasteiger partial charge in [-0.15, -0.1) is 0 Å². The molecule has 0 radical (unpaired) electrons. The number of ether oxygens (including phenoxy) is 4. The lowest BCUT2D eigenvalue weighted by Gasteiger charge is -2.10. The first kappa shape index (κ1) is 20.8. The summed E-state index contributed by atoms with van der Waals surface area (Å²) in [6.07, 6.45) is 0. The summed E-state index contributed by atoms with van der Waals surface area (Å²) in [6, 6.07) is 13.2. The Balaban J connectivity index is 1.38. The van der Waals surface area contributed by atoms with Gasteiger partial charge in [0, 0.05) is 0 Å². The van der Waals surface area contributed by atoms with E-state index in [1.54, 1.807) is 0 Å². The Morgan fingerprint density at radius 3 is 1.32 bits per heavy atom. The van der Waals surface area contributed by atoms with Crippen molar-refractivity contribution in [3.05, 3.63) is 94.0 Å². The number of esters is 6. The largest absolute Gasteiger partial charge is 0.423 e. The van der Waals surface area contributed by atoms with E-state index >= 15 is 0 Å². The molecule has 10 nitrogen and oxygen atoms in total. The SMILES string of the molecule is O=C1OC(=O)c2cc(OC(=O)c3ccccc3C(=O)Oc3ccc4c(c3)C(=O)OC4=O)ccc21. The molecule has 0 aliphatic carbocycles. The maximum absolute atomic E-state index is 12.8. The number of fused-ring (bicyclic) bond motifs is 2. The van der Waals surface area contributed by atoms with E-state index in [0.717, 1.165) is 0 Å². The molecule has 0 atom stereocenters. The average molecular weight is 458 g/mol. The fraction of sp³-hybridized carbons (Fsp3) is 0. The van der Waals surface area contributed by atoms with Crippen LogP contribution in [0.25, 0.3) is 0 Å². The summed E-state index contributed by atoms with van der Waals surface area (Å²) in [4.78, 5) is 72.1. The summed E-state index contributed by atoms with van der Waals surface area (Å²) >= 11 is 0. The van der Waals surface area contributed by atoms with Crippen molar-refractivity contribution in [3.63, 3.8) is 0 Å². The fourth-order valence-electron chi connectivity index (χ4n) is 3.42. The van der Waals surface area contributed by atoms with Crippen LogP contribution in [0.3, 0.4) is 0 Å². The van der Waals surface area contributed by atoms with Crippen molar-refractivity contribution in [2.75, 3.05) is 0 Å². The first-order chi connectivity index (χ1) is 16.3. The molecule has 0 saturated heterocycles. The van der Waals surface area contributed by atoms with E-state index in [9.17, 15) is 28.8 Å². The van der Waals surface area contributed by atoms with Crippen molar-refractivity contribution < 1.29 is 47.7 Å². The monoisotopic (exact) mass is 458 g/mol. The van der Waals surface area contributed by atoms with Crippen LogP contribution in [0.5, 0.6) is 11.5 Å². The molecule has 34 heavy (non-hydrogen) atoms. The van der Waals surface area contributed by atoms with Crippen LogP contribution in [-0.4, -0.2) is 35.8 Å². The molecule has 0 unspecified atom stereocenters. The molecule has 3 aromatic carbocycles. The van der Waals surface area contributed by atoms with Crippen molar-refractivity contribution in [1.82, 2.24) is 0 Å². The van der Waals surface area contributed by atoms with E-state index in [1.165, 1.54) is 60.7 Å². The number of rotatable bonds is 4. The third-order valence-electron chi connectivity index (χ3n) is 5.02. The average Bonchev–Trinajstić information content (AvgIpc) is 3.27. The Morgan fingerprint density at radius 2 is 0.912 bits per heavy atom. The van der Waals surface area contributed by atoms with Crippen molar-refractivity contribution in [1.29, 1.82) is 0 Å². The molecule has 0 N–H and O–H groups in total. The van der Waals surface area contributed by atoms with Crippen molar-refractivity contribution in [3.8, 4) is 11.5 Å². The quantitative estimate of drug-likeness (QED) is 0.326. The van der Waals surface area contributed by atoms with E-state index in [2.05, 4.69) is 9.47 Å². The predicted octanol–water partition coefficient (Wildman–Crippen LogP) is 2.75. The topological polar surface area (TPSA) is 139 Å². The Morgan fingerprint density at radius 1 is 0.529 bits per heavy atom. The first-order valence-corrected chi connectivity index (χ1v) is 9.66. The van der Waals surface area contributed by atoms with Gasteiger partial charge in [-0.05, 0) is 48.5 Å². The molecule has 0 bridgehead atoms. The van der Waals surface area contributed by atoms with E-state index in [0.29, 0.717) is 0 Å². The van der Waals surface area contributed by atoms with E-state index in [-0.39, 0.29) is 44.9 Å². The van der Waals surface area contributed by atoms with Gasteiger partial charge < -0.3 is 18.9 Å². The third-order valence-corrected chi connectivity index (χ3v) is 5.02. The van der Waals surface area contributed by atoms with Crippen LogP contribution in [0.4, 0.5) is 0 Å². The normalized spacial score (nSPS) is 13.6. The van der Waals surface area contributed by atoms with Crippen LogP contribution in [0.1, 0.15) is 62.1 Å². The lowest BCUT2D eigenvalue weighted by atomic mass is 10.1. The van der Waals surface area contributed by atoms with Gasteiger partial charge in [0.2, 0.25) is 0 Å². The number of hydrogen-bond acceptors (Lipinski definition) is 10. The fourth-order valence-corrected chi connectivity index (χ4v) is 3.42. The molecule has 10 heteroatoms. The van der Waals surface area contributed by atoms with Crippen molar-refractivity contribution in [2.24, 2.45) is 0 Å². The van der Waals surface area contributed by atoms with Crippen LogP contribution < -0.4 is 9.47 Å². The second-order valence-corrected chi connectivity index (χ2v) is 7.09. The lowest BCUT2D eigenvalue weighted by molar-refractivity contribution is 0.0425. The molecule has 2 aliphatic heterocycles. The summed E-state index contributed by atoms with van der Waals surface area (Å²) in [6.45, 7) is 0. The summed E-state index contributed by atoms with van der Waals surface area (Å²) in [7, 11) is 0. The second-order valence-electron chi connectivity index (χ2n) is 7.09. The zero-order chi connectivity index (χ0) is 24.0. The molecule has 3 aromatic rings. The van der Waals surface area contributed by atoms with Gasteiger partial charge in [0.25, 0.3) is 0 Å². The summed E-state index contributed by atoms with van der Waals surface area (Å²) in [5.41, 5.74) is -0.263. The smallest absolute Gasteiger partial charge is 0.347 e. The van der Waals surface area contributed by atoms with Gasteiger partial charge in [-0.3, -0.25) is 0 Å². The van der Waals surface area contributed by atoms with Gasteiger partial charge in [0.15, 0.2) is 0 Å². The highest BCUT2D eigenvalue weighted by Crippen LogP contribution is 2.27. The molecule has 0 amide bonds. The van der Waals surface area contributed by atoms with Crippen LogP contribution in [0.15, 0.2) is 60.7 Å². The standard InChI is InChI=1S/C24H10O10/c25-19(31-11-5-7-15-17(9-11)23(29)33-21(15)27)13-3-1-2-4-14(13)20(26)32-12-6-8-16-18(10-12)24(30)34-22(16)28/h1-10H. The van der Waals surface area contributed by atoms with Crippen LogP contribution in [0.2, 0.25) is 0 Å². The van der Waals surface area contributed by atoms with E-state index < -0.39 is 35.8 Å². The maximum Gasteiger partial charge on any atom is 0.347 e. The van der Waals surface area contributed by atoms with Crippen LogP contribution >= 0.6 is 0 Å². The van der Waals surface area contributed by atoms with Crippen LogP contribution in [-0.2, 0) is 9.47 Å². The highest BCUT2D eigenvalue weighted by molar-refractivity contribution is 6.15. The number of cyclic esters (lactones) is 4. The van der Waals surface area contributed by atoms with Gasteiger partial charge in [-0.2, -0.15) is 0 Å². The van der Waals surface area contributed by atoms with Gasteiger partial charge in [0.1, 0.15) is 11.5 Å². The Hall–Kier alpha value is -5.12. The molecular weight excluding hydrogens is 448 g/mol. The molecule has 0 spiro atoms. The van der Waals surface area contributed by atoms with Gasteiger partial charge >= 0.3 is 35.8 Å². The summed E-state index contributed by atoms with van der Waals surface area (Å²) in [5, 5.41) is 0. The Labute approximate surface area is 189 Å². The zero-order valence-corrected chi connectivity index (χ0v) is 16.9. The molecule has 2 aliphatic rings. The molecule has 2 heterocycles.